The lowest BCUT2D eigenvalue weighted by atomic mass is 10.3. The van der Waals surface area contributed by atoms with Gasteiger partial charge in [-0.25, -0.2) is 0 Å². The Labute approximate surface area is 74.0 Å². The summed E-state index contributed by atoms with van der Waals surface area (Å²) in [6.45, 7) is 3.75. The maximum atomic E-state index is 9.14. The molecule has 0 heterocycles. The first-order chi connectivity index (χ1) is 5.63. The molecule has 0 aliphatic heterocycles. The van der Waals surface area contributed by atoms with Gasteiger partial charge < -0.3 is 15.1 Å². The van der Waals surface area contributed by atoms with Gasteiger partial charge in [0.05, 0.1) is 12.7 Å². The Morgan fingerprint density at radius 1 is 1.58 bits per heavy atom. The van der Waals surface area contributed by atoms with Crippen molar-refractivity contribution in [3.05, 3.63) is 0 Å². The van der Waals surface area contributed by atoms with Gasteiger partial charge in [0.15, 0.2) is 0 Å². The van der Waals surface area contributed by atoms with Gasteiger partial charge in [0.1, 0.15) is 0 Å². The van der Waals surface area contributed by atoms with Crippen LogP contribution in [0.2, 0.25) is 0 Å². The molecule has 1 aliphatic rings. The van der Waals surface area contributed by atoms with Crippen molar-refractivity contribution >= 4 is 0 Å². The van der Waals surface area contributed by atoms with Gasteiger partial charge in [0.25, 0.3) is 0 Å². The third kappa shape index (κ3) is 3.09. The van der Waals surface area contributed by atoms with E-state index >= 15 is 0 Å². The lowest BCUT2D eigenvalue weighted by molar-refractivity contribution is 0.0652. The van der Waals surface area contributed by atoms with Crippen molar-refractivity contribution in [3.8, 4) is 0 Å². The van der Waals surface area contributed by atoms with Gasteiger partial charge in [0.2, 0.25) is 0 Å². The molecule has 1 aliphatic carbocycles. The minimum Gasteiger partial charge on any atom is -0.394 e. The first kappa shape index (κ1) is 9.96. The molecule has 0 amide bonds. The van der Waals surface area contributed by atoms with Gasteiger partial charge in [-0.15, -0.1) is 0 Å². The predicted molar refractivity (Wildman–Crippen MR) is 47.9 cm³/mol. The van der Waals surface area contributed by atoms with Crippen molar-refractivity contribution in [2.75, 3.05) is 26.7 Å². The van der Waals surface area contributed by atoms with Gasteiger partial charge >= 0.3 is 0 Å². The van der Waals surface area contributed by atoms with E-state index < -0.39 is 6.10 Å². The minimum absolute atomic E-state index is 0.134. The van der Waals surface area contributed by atoms with Crippen molar-refractivity contribution < 1.29 is 10.2 Å². The fourth-order valence-electron chi connectivity index (χ4n) is 1.55. The lowest BCUT2D eigenvalue weighted by Gasteiger charge is -2.18. The maximum absolute atomic E-state index is 9.14. The number of rotatable bonds is 5. The minimum atomic E-state index is -0.580. The Bertz CT molecular complexity index is 134. The molecule has 0 bridgehead atoms. The van der Waals surface area contributed by atoms with E-state index in [9.17, 15) is 0 Å². The summed E-state index contributed by atoms with van der Waals surface area (Å²) in [7, 11) is 1.99. The first-order valence-electron chi connectivity index (χ1n) is 4.61. The Morgan fingerprint density at radius 3 is 2.58 bits per heavy atom. The normalized spacial score (nSPS) is 30.8. The number of aliphatic hydroxyl groups excluding tert-OH is 2. The number of hydrogen-bond donors (Lipinski definition) is 2. The molecule has 0 spiro atoms. The van der Waals surface area contributed by atoms with Crippen molar-refractivity contribution in [1.82, 2.24) is 4.90 Å². The third-order valence-corrected chi connectivity index (χ3v) is 2.56. The van der Waals surface area contributed by atoms with Crippen LogP contribution < -0.4 is 0 Å². The average Bonchev–Trinajstić information content (AvgIpc) is 2.66. The second-order valence-electron chi connectivity index (χ2n) is 4.03. The average molecular weight is 173 g/mol. The maximum Gasteiger partial charge on any atom is 0.0897 e. The van der Waals surface area contributed by atoms with Gasteiger partial charge in [-0.3, -0.25) is 0 Å². The molecule has 2 N–H and O–H groups in total. The van der Waals surface area contributed by atoms with E-state index in [1.807, 2.05) is 7.05 Å². The summed E-state index contributed by atoms with van der Waals surface area (Å²) in [6, 6.07) is 0. The molecule has 0 aromatic heterocycles. The van der Waals surface area contributed by atoms with Crippen LogP contribution in [0, 0.1) is 11.8 Å². The van der Waals surface area contributed by atoms with Crippen LogP contribution in [-0.4, -0.2) is 48.0 Å². The molecular weight excluding hydrogens is 154 g/mol. The summed E-state index contributed by atoms with van der Waals surface area (Å²) < 4.78 is 0. The van der Waals surface area contributed by atoms with Crippen molar-refractivity contribution in [2.45, 2.75) is 19.4 Å². The quantitative estimate of drug-likeness (QED) is 0.611. The molecule has 0 saturated heterocycles. The highest BCUT2D eigenvalue weighted by Crippen LogP contribution is 2.37. The second kappa shape index (κ2) is 4.21. The van der Waals surface area contributed by atoms with E-state index in [4.69, 9.17) is 10.2 Å². The fraction of sp³-hybridized carbons (Fsp3) is 1.00. The van der Waals surface area contributed by atoms with E-state index in [-0.39, 0.29) is 6.61 Å². The molecule has 1 saturated carbocycles. The number of nitrogens with zero attached hydrogens (tertiary/aromatic N) is 1. The molecule has 12 heavy (non-hydrogen) atoms. The van der Waals surface area contributed by atoms with Crippen LogP contribution >= 0.6 is 0 Å². The van der Waals surface area contributed by atoms with Crippen LogP contribution in [0.25, 0.3) is 0 Å². The van der Waals surface area contributed by atoms with Crippen molar-refractivity contribution in [3.63, 3.8) is 0 Å². The highest BCUT2D eigenvalue weighted by atomic mass is 16.3. The molecule has 0 aromatic rings. The zero-order valence-electron chi connectivity index (χ0n) is 7.90. The highest BCUT2D eigenvalue weighted by Gasteiger charge is 2.33. The summed E-state index contributed by atoms with van der Waals surface area (Å²) in [5.74, 6) is 1.68. The zero-order chi connectivity index (χ0) is 9.14. The Morgan fingerprint density at radius 2 is 2.17 bits per heavy atom. The van der Waals surface area contributed by atoms with Crippen LogP contribution in [0.3, 0.4) is 0 Å². The number of hydrogen-bond acceptors (Lipinski definition) is 3. The van der Waals surface area contributed by atoms with Crippen molar-refractivity contribution in [1.29, 1.82) is 0 Å². The topological polar surface area (TPSA) is 43.7 Å². The second-order valence-corrected chi connectivity index (χ2v) is 4.03. The van der Waals surface area contributed by atoms with Crippen molar-refractivity contribution in [2.24, 2.45) is 11.8 Å². The molecule has 3 atom stereocenters. The molecule has 0 aromatic carbocycles. The van der Waals surface area contributed by atoms with Gasteiger partial charge in [-0.05, 0) is 25.3 Å². The van der Waals surface area contributed by atoms with Crippen LogP contribution in [0.1, 0.15) is 13.3 Å². The zero-order valence-corrected chi connectivity index (χ0v) is 7.90. The smallest absolute Gasteiger partial charge is 0.0897 e. The molecule has 1 rings (SSSR count). The van der Waals surface area contributed by atoms with E-state index in [1.54, 1.807) is 0 Å². The molecule has 3 unspecified atom stereocenters. The first-order valence-corrected chi connectivity index (χ1v) is 4.61. The molecular formula is C9H19NO2. The largest absolute Gasteiger partial charge is 0.394 e. The summed E-state index contributed by atoms with van der Waals surface area (Å²) >= 11 is 0. The van der Waals surface area contributed by atoms with Gasteiger partial charge in [-0.2, -0.15) is 0 Å². The van der Waals surface area contributed by atoms with Crippen LogP contribution in [-0.2, 0) is 0 Å². The Kier molecular flexibility index (Phi) is 3.50. The standard InChI is InChI=1S/C9H19NO2/c1-7-3-8(7)4-10(2)5-9(12)6-11/h7-9,11-12H,3-6H2,1-2H3. The monoisotopic (exact) mass is 173 g/mol. The van der Waals surface area contributed by atoms with E-state index in [0.29, 0.717) is 6.54 Å². The van der Waals surface area contributed by atoms with Crippen LogP contribution in [0.4, 0.5) is 0 Å². The van der Waals surface area contributed by atoms with Gasteiger partial charge in [-0.1, -0.05) is 6.92 Å². The molecule has 3 nitrogen and oxygen atoms in total. The highest BCUT2D eigenvalue weighted by molar-refractivity contribution is 4.84. The van der Waals surface area contributed by atoms with E-state index in [2.05, 4.69) is 11.8 Å². The molecule has 0 radical (unpaired) electrons. The van der Waals surface area contributed by atoms with E-state index in [0.717, 1.165) is 18.4 Å². The Hall–Kier alpha value is -0.120. The van der Waals surface area contributed by atoms with Crippen LogP contribution in [0.5, 0.6) is 0 Å². The number of likely N-dealkylation sites (N-methyl/N-ethyl adjacent to an activating group) is 1. The fourth-order valence-corrected chi connectivity index (χ4v) is 1.55. The summed E-state index contributed by atoms with van der Waals surface area (Å²) in [5.41, 5.74) is 0. The molecule has 72 valence electrons. The summed E-state index contributed by atoms with van der Waals surface area (Å²) in [5, 5.41) is 17.7. The SMILES string of the molecule is CC1CC1CN(C)CC(O)CO. The van der Waals surface area contributed by atoms with Gasteiger partial charge in [0, 0.05) is 13.1 Å². The molecule has 3 heteroatoms. The summed E-state index contributed by atoms with van der Waals surface area (Å²) in [6.07, 6.45) is 0.739. The van der Waals surface area contributed by atoms with E-state index in [1.165, 1.54) is 6.42 Å². The summed E-state index contributed by atoms with van der Waals surface area (Å²) in [4.78, 5) is 2.09. The third-order valence-electron chi connectivity index (χ3n) is 2.56. The Balaban J connectivity index is 2.07. The lowest BCUT2D eigenvalue weighted by Crippen LogP contribution is -2.32. The number of aliphatic hydroxyl groups is 2. The molecule has 1 fully saturated rings. The van der Waals surface area contributed by atoms with Crippen LogP contribution in [0.15, 0.2) is 0 Å². The predicted octanol–water partition coefficient (Wildman–Crippen LogP) is -0.0726.